The maximum absolute atomic E-state index is 12.6. The highest BCUT2D eigenvalue weighted by Crippen LogP contribution is 2.23. The Kier molecular flexibility index (Phi) is 4.41. The van der Waals surface area contributed by atoms with Crippen LogP contribution < -0.4 is 5.32 Å². The summed E-state index contributed by atoms with van der Waals surface area (Å²) in [5.74, 6) is 0.0328. The number of anilines is 1. The summed E-state index contributed by atoms with van der Waals surface area (Å²) in [5, 5.41) is 5.28. The van der Waals surface area contributed by atoms with Crippen molar-refractivity contribution in [1.82, 2.24) is 4.90 Å². The smallest absolute Gasteiger partial charge is 0.241 e. The molecule has 4 heteroatoms. The van der Waals surface area contributed by atoms with Gasteiger partial charge in [-0.3, -0.25) is 9.69 Å². The van der Waals surface area contributed by atoms with Crippen molar-refractivity contribution in [2.24, 2.45) is 0 Å². The number of amides is 1. The molecule has 2 unspecified atom stereocenters. The Labute approximate surface area is 131 Å². The van der Waals surface area contributed by atoms with Gasteiger partial charge in [0.25, 0.3) is 0 Å². The van der Waals surface area contributed by atoms with Gasteiger partial charge in [-0.2, -0.15) is 0 Å². The van der Waals surface area contributed by atoms with Crippen LogP contribution >= 0.6 is 0 Å². The molecular weight excluding hydrogens is 276 g/mol. The quantitative estimate of drug-likeness (QED) is 0.947. The predicted molar refractivity (Wildman–Crippen MR) is 89.0 cm³/mol. The Hall–Kier alpha value is -1.91. The SMILES string of the molecule is CC1CN(C(C)C(=O)Nc2cccc3ccccc23)CCO1. The fourth-order valence-electron chi connectivity index (χ4n) is 2.93. The van der Waals surface area contributed by atoms with Gasteiger partial charge in [-0.15, -0.1) is 0 Å². The van der Waals surface area contributed by atoms with Crippen LogP contribution in [-0.2, 0) is 9.53 Å². The summed E-state index contributed by atoms with van der Waals surface area (Å²) in [6.45, 7) is 6.28. The molecule has 1 N–H and O–H groups in total. The zero-order valence-electron chi connectivity index (χ0n) is 13.1. The second-order valence-electron chi connectivity index (χ2n) is 5.87. The molecule has 0 spiro atoms. The van der Waals surface area contributed by atoms with E-state index in [1.54, 1.807) is 0 Å². The summed E-state index contributed by atoms with van der Waals surface area (Å²) in [6.07, 6.45) is 0.182. The third-order valence-electron chi connectivity index (χ3n) is 4.25. The van der Waals surface area contributed by atoms with Gasteiger partial charge in [0.2, 0.25) is 5.91 Å². The standard InChI is InChI=1S/C18H22N2O2/c1-13-12-20(10-11-22-13)14(2)18(21)19-17-9-5-7-15-6-3-4-8-16(15)17/h3-9,13-14H,10-12H2,1-2H3,(H,19,21). The first-order chi connectivity index (χ1) is 10.6. The topological polar surface area (TPSA) is 41.6 Å². The summed E-state index contributed by atoms with van der Waals surface area (Å²) in [4.78, 5) is 14.7. The van der Waals surface area contributed by atoms with Crippen molar-refractivity contribution < 1.29 is 9.53 Å². The predicted octanol–water partition coefficient (Wildman–Crippen LogP) is 2.89. The minimum Gasteiger partial charge on any atom is -0.376 e. The second-order valence-corrected chi connectivity index (χ2v) is 5.87. The molecule has 0 aromatic heterocycles. The lowest BCUT2D eigenvalue weighted by Crippen LogP contribution is -2.50. The molecule has 0 radical (unpaired) electrons. The Morgan fingerprint density at radius 1 is 1.27 bits per heavy atom. The number of morpholine rings is 1. The largest absolute Gasteiger partial charge is 0.376 e. The number of nitrogens with zero attached hydrogens (tertiary/aromatic N) is 1. The number of hydrogen-bond acceptors (Lipinski definition) is 3. The highest BCUT2D eigenvalue weighted by atomic mass is 16.5. The van der Waals surface area contributed by atoms with E-state index in [1.807, 2.05) is 44.2 Å². The first kappa shape index (κ1) is 15.0. The van der Waals surface area contributed by atoms with Gasteiger partial charge in [-0.1, -0.05) is 36.4 Å². The van der Waals surface area contributed by atoms with E-state index >= 15 is 0 Å². The van der Waals surface area contributed by atoms with Gasteiger partial charge in [-0.05, 0) is 25.3 Å². The van der Waals surface area contributed by atoms with Gasteiger partial charge in [-0.25, -0.2) is 0 Å². The highest BCUT2D eigenvalue weighted by Gasteiger charge is 2.26. The molecule has 22 heavy (non-hydrogen) atoms. The number of rotatable bonds is 3. The summed E-state index contributed by atoms with van der Waals surface area (Å²) in [5.41, 5.74) is 0.872. The molecule has 1 heterocycles. The summed E-state index contributed by atoms with van der Waals surface area (Å²) >= 11 is 0. The molecule has 4 nitrogen and oxygen atoms in total. The number of nitrogens with one attached hydrogen (secondary N) is 1. The van der Waals surface area contributed by atoms with Crippen LogP contribution in [0.15, 0.2) is 42.5 Å². The van der Waals surface area contributed by atoms with Crippen molar-refractivity contribution >= 4 is 22.4 Å². The van der Waals surface area contributed by atoms with Crippen LogP contribution in [0.2, 0.25) is 0 Å². The molecule has 0 saturated carbocycles. The number of fused-ring (bicyclic) bond motifs is 1. The molecular formula is C18H22N2O2. The van der Waals surface area contributed by atoms with E-state index in [1.165, 1.54) is 0 Å². The fraction of sp³-hybridized carbons (Fsp3) is 0.389. The van der Waals surface area contributed by atoms with Crippen molar-refractivity contribution in [1.29, 1.82) is 0 Å². The molecule has 0 bridgehead atoms. The number of ether oxygens (including phenoxy) is 1. The maximum atomic E-state index is 12.6. The Balaban J connectivity index is 1.75. The fourth-order valence-corrected chi connectivity index (χ4v) is 2.93. The Morgan fingerprint density at radius 2 is 2.05 bits per heavy atom. The van der Waals surface area contributed by atoms with Crippen LogP contribution in [0.3, 0.4) is 0 Å². The van der Waals surface area contributed by atoms with Crippen LogP contribution in [0, 0.1) is 0 Å². The molecule has 3 rings (SSSR count). The molecule has 116 valence electrons. The van der Waals surface area contributed by atoms with E-state index < -0.39 is 0 Å². The summed E-state index contributed by atoms with van der Waals surface area (Å²) in [7, 11) is 0. The molecule has 1 aliphatic rings. The van der Waals surface area contributed by atoms with E-state index in [2.05, 4.69) is 22.3 Å². The van der Waals surface area contributed by atoms with Gasteiger partial charge >= 0.3 is 0 Å². The van der Waals surface area contributed by atoms with Crippen molar-refractivity contribution in [3.8, 4) is 0 Å². The maximum Gasteiger partial charge on any atom is 0.241 e. The lowest BCUT2D eigenvalue weighted by atomic mass is 10.1. The molecule has 2 atom stereocenters. The third-order valence-corrected chi connectivity index (χ3v) is 4.25. The van der Waals surface area contributed by atoms with Crippen molar-refractivity contribution in [2.75, 3.05) is 25.0 Å². The van der Waals surface area contributed by atoms with Gasteiger partial charge in [0.1, 0.15) is 0 Å². The van der Waals surface area contributed by atoms with E-state index in [9.17, 15) is 4.79 Å². The molecule has 0 aliphatic carbocycles. The molecule has 1 fully saturated rings. The van der Waals surface area contributed by atoms with Crippen LogP contribution in [0.4, 0.5) is 5.69 Å². The lowest BCUT2D eigenvalue weighted by Gasteiger charge is -2.34. The molecule has 1 aliphatic heterocycles. The Morgan fingerprint density at radius 3 is 2.86 bits per heavy atom. The molecule has 2 aromatic carbocycles. The third kappa shape index (κ3) is 3.13. The minimum absolute atomic E-state index is 0.0328. The number of carbonyl (C=O) groups excluding carboxylic acids is 1. The normalized spacial score (nSPS) is 20.7. The average molecular weight is 298 g/mol. The van der Waals surface area contributed by atoms with E-state index in [4.69, 9.17) is 4.74 Å². The zero-order chi connectivity index (χ0) is 15.5. The van der Waals surface area contributed by atoms with Gasteiger partial charge in [0.15, 0.2) is 0 Å². The van der Waals surface area contributed by atoms with Crippen LogP contribution in [0.25, 0.3) is 10.8 Å². The lowest BCUT2D eigenvalue weighted by molar-refractivity contribution is -0.123. The van der Waals surface area contributed by atoms with Gasteiger partial charge < -0.3 is 10.1 Å². The number of carbonyl (C=O) groups is 1. The number of benzene rings is 2. The van der Waals surface area contributed by atoms with Crippen molar-refractivity contribution in [2.45, 2.75) is 26.0 Å². The highest BCUT2D eigenvalue weighted by molar-refractivity contribution is 6.03. The first-order valence-electron chi connectivity index (χ1n) is 7.79. The molecule has 1 amide bonds. The first-order valence-corrected chi connectivity index (χ1v) is 7.79. The van der Waals surface area contributed by atoms with Crippen LogP contribution in [0.1, 0.15) is 13.8 Å². The summed E-state index contributed by atoms with van der Waals surface area (Å²) in [6, 6.07) is 13.9. The second kappa shape index (κ2) is 6.46. The van der Waals surface area contributed by atoms with E-state index in [0.717, 1.165) is 29.5 Å². The van der Waals surface area contributed by atoms with Gasteiger partial charge in [0, 0.05) is 24.2 Å². The minimum atomic E-state index is -0.162. The van der Waals surface area contributed by atoms with E-state index in [-0.39, 0.29) is 18.1 Å². The zero-order valence-corrected chi connectivity index (χ0v) is 13.1. The summed E-state index contributed by atoms with van der Waals surface area (Å²) < 4.78 is 5.54. The average Bonchev–Trinajstić information content (AvgIpc) is 2.54. The van der Waals surface area contributed by atoms with Crippen molar-refractivity contribution in [3.63, 3.8) is 0 Å². The van der Waals surface area contributed by atoms with Crippen molar-refractivity contribution in [3.05, 3.63) is 42.5 Å². The van der Waals surface area contributed by atoms with Crippen LogP contribution in [0.5, 0.6) is 0 Å². The Bertz CT molecular complexity index is 666. The molecule has 2 aromatic rings. The van der Waals surface area contributed by atoms with Crippen LogP contribution in [-0.4, -0.2) is 42.6 Å². The van der Waals surface area contributed by atoms with E-state index in [0.29, 0.717) is 6.61 Å². The number of hydrogen-bond donors (Lipinski definition) is 1. The van der Waals surface area contributed by atoms with Gasteiger partial charge in [0.05, 0.1) is 18.8 Å². The monoisotopic (exact) mass is 298 g/mol. The molecule has 1 saturated heterocycles.